The fourth-order valence-electron chi connectivity index (χ4n) is 3.29. The molecule has 0 bridgehead atoms. The Bertz CT molecular complexity index is 1420. The van der Waals surface area contributed by atoms with Gasteiger partial charge >= 0.3 is 12.1 Å². The van der Waals surface area contributed by atoms with Crippen molar-refractivity contribution < 1.29 is 36.3 Å². The number of fused-ring (bicyclic) bond motifs is 1. The Labute approximate surface area is 215 Å². The van der Waals surface area contributed by atoms with Crippen LogP contribution in [0.4, 0.5) is 22.0 Å². The molecule has 3 aromatic rings. The number of amides is 1. The molecule has 14 heteroatoms. The summed E-state index contributed by atoms with van der Waals surface area (Å²) >= 11 is 17.0. The molecule has 1 aromatic carbocycles. The second-order valence-electron chi connectivity index (χ2n) is 7.12. The van der Waals surface area contributed by atoms with E-state index in [1.807, 2.05) is 0 Å². The summed E-state index contributed by atoms with van der Waals surface area (Å²) in [7, 11) is 0. The predicted molar refractivity (Wildman–Crippen MR) is 122 cm³/mol. The van der Waals surface area contributed by atoms with E-state index >= 15 is 0 Å². The number of nitrogens with one attached hydrogen (secondary N) is 1. The fraction of sp³-hybridized carbons (Fsp3) is 0.227. The van der Waals surface area contributed by atoms with Crippen LogP contribution in [0.5, 0.6) is 0 Å². The lowest BCUT2D eigenvalue weighted by molar-refractivity contribution is -0.155. The zero-order valence-electron chi connectivity index (χ0n) is 17.9. The first-order valence-corrected chi connectivity index (χ1v) is 11.0. The maximum atomic E-state index is 14.5. The van der Waals surface area contributed by atoms with Crippen molar-refractivity contribution >= 4 is 57.7 Å². The quantitative estimate of drug-likeness (QED) is 0.0972. The van der Waals surface area contributed by atoms with Gasteiger partial charge in [0.1, 0.15) is 27.3 Å². The van der Waals surface area contributed by atoms with Crippen molar-refractivity contribution in [3.63, 3.8) is 0 Å². The Balaban J connectivity index is 2.13. The van der Waals surface area contributed by atoms with E-state index in [9.17, 15) is 31.5 Å². The third-order valence-corrected chi connectivity index (χ3v) is 5.74. The van der Waals surface area contributed by atoms with Crippen molar-refractivity contribution in [3.8, 4) is 12.3 Å². The average molecular weight is 569 g/mol. The van der Waals surface area contributed by atoms with Gasteiger partial charge in [-0.15, -0.1) is 6.42 Å². The van der Waals surface area contributed by atoms with Crippen molar-refractivity contribution in [1.29, 1.82) is 0 Å². The van der Waals surface area contributed by atoms with Crippen LogP contribution in [0.2, 0.25) is 15.2 Å². The summed E-state index contributed by atoms with van der Waals surface area (Å²) in [6, 6.07) is -0.250. The molecule has 0 saturated carbocycles. The van der Waals surface area contributed by atoms with Gasteiger partial charge in [0.15, 0.2) is 11.9 Å². The first-order valence-electron chi connectivity index (χ1n) is 9.82. The maximum Gasteiger partial charge on any atom is 0.412 e. The molecule has 0 radical (unpaired) electrons. The van der Waals surface area contributed by atoms with E-state index in [1.54, 1.807) is 12.2 Å². The van der Waals surface area contributed by atoms with E-state index < -0.39 is 57.0 Å². The van der Waals surface area contributed by atoms with E-state index in [-0.39, 0.29) is 34.9 Å². The number of esters is 1. The van der Waals surface area contributed by atoms with Gasteiger partial charge in [0.2, 0.25) is 0 Å². The average Bonchev–Trinajstić information content (AvgIpc) is 3.15. The number of carbonyl (C=O) groups excluding carboxylic acids is 2. The monoisotopic (exact) mass is 567 g/mol. The summed E-state index contributed by atoms with van der Waals surface area (Å²) in [5.74, 6) is -3.15. The molecule has 0 saturated heterocycles. The smallest absolute Gasteiger partial charge is 0.412 e. The Kier molecular flexibility index (Phi) is 8.03. The first-order chi connectivity index (χ1) is 16.8. The van der Waals surface area contributed by atoms with Crippen LogP contribution in [-0.2, 0) is 11.3 Å². The molecular weight excluding hydrogens is 556 g/mol. The van der Waals surface area contributed by atoms with Gasteiger partial charge in [0, 0.05) is 10.9 Å². The summed E-state index contributed by atoms with van der Waals surface area (Å²) in [5, 5.41) is -0.669. The zero-order chi connectivity index (χ0) is 26.9. The van der Waals surface area contributed by atoms with E-state index in [2.05, 4.69) is 10.9 Å². The number of hydrogen-bond acceptors (Lipinski definition) is 4. The highest BCUT2D eigenvalue weighted by Gasteiger charge is 2.44. The van der Waals surface area contributed by atoms with Crippen molar-refractivity contribution in [2.45, 2.75) is 25.7 Å². The Morgan fingerprint density at radius 1 is 1.19 bits per heavy atom. The molecule has 6 nitrogen and oxygen atoms in total. The minimum Gasteiger partial charge on any atom is -0.462 e. The topological polar surface area (TPSA) is 73.2 Å². The third kappa shape index (κ3) is 5.21. The van der Waals surface area contributed by atoms with Crippen LogP contribution >= 0.6 is 34.8 Å². The number of aromatic nitrogens is 2. The molecule has 2 aromatic heterocycles. The van der Waals surface area contributed by atoms with Crippen LogP contribution in [0, 0.1) is 24.0 Å². The lowest BCUT2D eigenvalue weighted by Crippen LogP contribution is -2.39. The van der Waals surface area contributed by atoms with Gasteiger partial charge in [0.25, 0.3) is 5.91 Å². The number of pyridine rings is 1. The van der Waals surface area contributed by atoms with E-state index in [0.29, 0.717) is 6.07 Å². The van der Waals surface area contributed by atoms with E-state index in [4.69, 9.17) is 46.0 Å². The van der Waals surface area contributed by atoms with Gasteiger partial charge in [-0.2, -0.15) is 13.2 Å². The molecule has 0 fully saturated rings. The highest BCUT2D eigenvalue weighted by Crippen LogP contribution is 2.39. The highest BCUT2D eigenvalue weighted by atomic mass is 35.5. The predicted octanol–water partition coefficient (Wildman–Crippen LogP) is 6.12. The van der Waals surface area contributed by atoms with Crippen LogP contribution in [-0.4, -0.2) is 34.2 Å². The molecule has 1 unspecified atom stereocenters. The van der Waals surface area contributed by atoms with Gasteiger partial charge in [-0.05, 0) is 25.1 Å². The lowest BCUT2D eigenvalue weighted by Gasteiger charge is -2.23. The van der Waals surface area contributed by atoms with Crippen molar-refractivity contribution in [1.82, 2.24) is 14.9 Å². The van der Waals surface area contributed by atoms with Gasteiger partial charge in [-0.1, -0.05) is 40.7 Å². The zero-order valence-corrected chi connectivity index (χ0v) is 20.2. The molecule has 1 amide bonds. The minimum absolute atomic E-state index is 0.0150. The summed E-state index contributed by atoms with van der Waals surface area (Å²) in [6.07, 6.45) is 0.0851. The van der Waals surface area contributed by atoms with Gasteiger partial charge in [-0.3, -0.25) is 4.79 Å². The molecule has 1 N–H and O–H groups in total. The van der Waals surface area contributed by atoms with Crippen molar-refractivity contribution in [2.24, 2.45) is 0 Å². The molecule has 3 rings (SSSR count). The van der Waals surface area contributed by atoms with Crippen LogP contribution in [0.1, 0.15) is 39.4 Å². The Morgan fingerprint density at radius 3 is 2.44 bits per heavy atom. The minimum atomic E-state index is -5.25. The van der Waals surface area contributed by atoms with Gasteiger partial charge < -0.3 is 14.6 Å². The number of alkyl halides is 3. The number of halogens is 8. The molecule has 0 aliphatic rings. The van der Waals surface area contributed by atoms with E-state index in [0.717, 1.165) is 10.6 Å². The molecular formula is C22H13Cl3F5N3O3. The van der Waals surface area contributed by atoms with Crippen LogP contribution in [0.3, 0.4) is 0 Å². The second kappa shape index (κ2) is 10.5. The summed E-state index contributed by atoms with van der Waals surface area (Å²) in [4.78, 5) is 29.1. The highest BCUT2D eigenvalue weighted by molar-refractivity contribution is 6.35. The molecule has 190 valence electrons. The number of terminal acetylenes is 1. The second-order valence-corrected chi connectivity index (χ2v) is 8.26. The number of nitrogens with zero attached hydrogens (tertiary/aromatic N) is 2. The van der Waals surface area contributed by atoms with Crippen molar-refractivity contribution in [2.75, 3.05) is 6.61 Å². The number of benzene rings is 1. The lowest BCUT2D eigenvalue weighted by atomic mass is 10.0. The van der Waals surface area contributed by atoms with Gasteiger partial charge in [-0.25, -0.2) is 18.6 Å². The largest absolute Gasteiger partial charge is 0.462 e. The van der Waals surface area contributed by atoms with Gasteiger partial charge in [0.05, 0.1) is 23.7 Å². The van der Waals surface area contributed by atoms with Crippen LogP contribution in [0.15, 0.2) is 18.2 Å². The normalized spacial score (nSPS) is 12.3. The first kappa shape index (κ1) is 27.5. The van der Waals surface area contributed by atoms with E-state index in [1.165, 1.54) is 6.07 Å². The SMILES string of the molecule is C#CCn1c(C(=O)NC(c2cc(Cl)c(F)c(Cl)c2F)C(F)(F)F)cc2cc(C(=O)OCC)c(Cl)nc21. The van der Waals surface area contributed by atoms with Crippen LogP contribution < -0.4 is 5.32 Å². The summed E-state index contributed by atoms with van der Waals surface area (Å²) < 4.78 is 75.8. The molecule has 2 heterocycles. The molecule has 0 aliphatic heterocycles. The molecule has 1 atom stereocenters. The molecule has 0 spiro atoms. The number of ether oxygens (including phenoxy) is 1. The standard InChI is InChI=1S/C22H13Cl3F5N3O3/c1-3-5-33-13(7-9-6-11(21(35)36-4-2)18(25)32-19(9)33)20(34)31-17(22(28,29)30)10-8-12(23)16(27)14(24)15(10)26/h1,6-8,17H,4-5H2,2H3,(H,31,34). The number of carbonyl (C=O) groups is 2. The summed E-state index contributed by atoms with van der Waals surface area (Å²) in [6.45, 7) is 1.27. The Morgan fingerprint density at radius 2 is 1.86 bits per heavy atom. The summed E-state index contributed by atoms with van der Waals surface area (Å²) in [5.41, 5.74) is -1.79. The van der Waals surface area contributed by atoms with Crippen LogP contribution in [0.25, 0.3) is 11.0 Å². The molecule has 0 aliphatic carbocycles. The fourth-order valence-corrected chi connectivity index (χ4v) is 3.98. The maximum absolute atomic E-state index is 14.5. The molecule has 36 heavy (non-hydrogen) atoms. The Hall–Kier alpha value is -3.07. The number of rotatable bonds is 6. The number of hydrogen-bond donors (Lipinski definition) is 1. The third-order valence-electron chi connectivity index (χ3n) is 4.84. The van der Waals surface area contributed by atoms with Crippen molar-refractivity contribution in [3.05, 3.63) is 61.9 Å².